The first-order valence-corrected chi connectivity index (χ1v) is 1.42. The van der Waals surface area contributed by atoms with Gasteiger partial charge in [0.05, 0.1) is 0 Å². The average Bonchev–Trinajstić information content (AvgIpc) is 1.65. The molecule has 0 aliphatic carbocycles. The van der Waals surface area contributed by atoms with Gasteiger partial charge in [-0.2, -0.15) is 0 Å². The number of halogens is 1. The third kappa shape index (κ3) is 1.58. The third-order valence-corrected chi connectivity index (χ3v) is 0.304. The molecule has 3 heteroatoms. The highest BCUT2D eigenvalue weighted by atomic mass is 19.2. The Morgan fingerprint density at radius 1 is 2.00 bits per heavy atom. The molecular formula is C3H4FNO. The monoisotopic (exact) mass is 89.0 g/mol. The summed E-state index contributed by atoms with van der Waals surface area (Å²) in [4.78, 5) is 9.37. The van der Waals surface area contributed by atoms with Gasteiger partial charge in [0.25, 0.3) is 0 Å². The second-order valence-corrected chi connectivity index (χ2v) is 0.844. The Bertz CT molecular complexity index is 78.9. The van der Waals surface area contributed by atoms with Gasteiger partial charge < -0.3 is 0 Å². The first-order valence-electron chi connectivity index (χ1n) is 1.42. The first-order chi connectivity index (χ1) is 2.81. The van der Waals surface area contributed by atoms with E-state index in [-0.39, 0.29) is 5.71 Å². The predicted molar refractivity (Wildman–Crippen MR) is 20.3 cm³/mol. The van der Waals surface area contributed by atoms with E-state index in [1.165, 1.54) is 6.92 Å². The summed E-state index contributed by atoms with van der Waals surface area (Å²) < 4.78 is 10.7. The zero-order valence-electron chi connectivity index (χ0n) is 3.31. The van der Waals surface area contributed by atoms with Crippen molar-refractivity contribution < 1.29 is 9.28 Å². The predicted octanol–water partition coefficient (Wildman–Crippen LogP) is 0.531. The van der Waals surface area contributed by atoms with Crippen LogP contribution in [0.3, 0.4) is 0 Å². The van der Waals surface area contributed by atoms with Gasteiger partial charge in [0.15, 0.2) is 6.29 Å². The van der Waals surface area contributed by atoms with Crippen LogP contribution < -0.4 is 0 Å². The summed E-state index contributed by atoms with van der Waals surface area (Å²) in [6, 6.07) is 0. The molecule has 0 bridgehead atoms. The van der Waals surface area contributed by atoms with Crippen molar-refractivity contribution in [2.45, 2.75) is 6.92 Å². The number of rotatable bonds is 1. The van der Waals surface area contributed by atoms with Crippen LogP contribution in [-0.4, -0.2) is 12.0 Å². The molecule has 0 amide bonds. The Morgan fingerprint density at radius 2 is 2.50 bits per heavy atom. The van der Waals surface area contributed by atoms with E-state index in [1.807, 2.05) is 0 Å². The highest BCUT2D eigenvalue weighted by Gasteiger charge is 1.78. The minimum Gasteiger partial charge on any atom is -0.296 e. The Balaban J connectivity index is 3.50. The van der Waals surface area contributed by atoms with Crippen LogP contribution in [0.5, 0.6) is 0 Å². The van der Waals surface area contributed by atoms with E-state index in [0.29, 0.717) is 6.29 Å². The molecule has 0 aliphatic heterocycles. The highest BCUT2D eigenvalue weighted by molar-refractivity contribution is 6.26. The van der Waals surface area contributed by atoms with Gasteiger partial charge >= 0.3 is 0 Å². The molecule has 0 fully saturated rings. The molecule has 0 atom stereocenters. The molecule has 2 nitrogen and oxygen atoms in total. The van der Waals surface area contributed by atoms with E-state index in [4.69, 9.17) is 0 Å². The van der Waals surface area contributed by atoms with Gasteiger partial charge in [0, 0.05) is 0 Å². The van der Waals surface area contributed by atoms with Gasteiger partial charge in [-0.15, -0.1) is 0 Å². The van der Waals surface area contributed by atoms with E-state index < -0.39 is 0 Å². The molecule has 0 aromatic heterocycles. The van der Waals surface area contributed by atoms with Crippen LogP contribution in [0, 0.1) is 0 Å². The van der Waals surface area contributed by atoms with E-state index in [9.17, 15) is 9.28 Å². The molecule has 0 spiro atoms. The molecule has 0 N–H and O–H groups in total. The van der Waals surface area contributed by atoms with Gasteiger partial charge in [-0.3, -0.25) is 4.79 Å². The molecule has 0 saturated carbocycles. The Labute approximate surface area is 34.6 Å². The van der Waals surface area contributed by atoms with Crippen LogP contribution in [0.4, 0.5) is 4.48 Å². The fraction of sp³-hybridized carbons (Fsp3) is 0.333. The fourth-order valence-electron chi connectivity index (χ4n) is 0.0199. The summed E-state index contributed by atoms with van der Waals surface area (Å²) >= 11 is 0. The molecule has 0 heterocycles. The second-order valence-electron chi connectivity index (χ2n) is 0.844. The topological polar surface area (TPSA) is 29.4 Å². The Hall–Kier alpha value is -0.730. The van der Waals surface area contributed by atoms with E-state index in [2.05, 4.69) is 5.21 Å². The van der Waals surface area contributed by atoms with Gasteiger partial charge in [-0.05, 0) is 6.92 Å². The lowest BCUT2D eigenvalue weighted by atomic mass is 10.5. The van der Waals surface area contributed by atoms with Crippen LogP contribution in [0.1, 0.15) is 6.92 Å². The summed E-state index contributed by atoms with van der Waals surface area (Å²) in [5.74, 6) is 0. The van der Waals surface area contributed by atoms with Gasteiger partial charge in [0.1, 0.15) is 5.71 Å². The number of carbonyl (C=O) groups excluding carboxylic acids is 1. The van der Waals surface area contributed by atoms with E-state index >= 15 is 0 Å². The number of aldehydes is 1. The maximum atomic E-state index is 10.7. The average molecular weight is 89.1 g/mol. The molecule has 0 aromatic rings. The molecule has 0 aromatic carbocycles. The zero-order valence-corrected chi connectivity index (χ0v) is 3.31. The summed E-state index contributed by atoms with van der Waals surface area (Å²) in [5, 5.41) is 2.06. The second kappa shape index (κ2) is 2.50. The standard InChI is InChI=1S/C3H4FNO/c1-3(2-6)5-4/h2H,1H3/b5-3-. The molecular weight excluding hydrogens is 85.0 g/mol. The van der Waals surface area contributed by atoms with Crippen molar-refractivity contribution in [2.75, 3.05) is 0 Å². The summed E-state index contributed by atoms with van der Waals surface area (Å²) in [7, 11) is 0. The number of carbonyl (C=O) groups is 1. The molecule has 34 valence electrons. The highest BCUT2D eigenvalue weighted by Crippen LogP contribution is 1.68. The van der Waals surface area contributed by atoms with Gasteiger partial charge in [-0.25, -0.2) is 0 Å². The van der Waals surface area contributed by atoms with Crippen molar-refractivity contribution in [3.63, 3.8) is 0 Å². The third-order valence-electron chi connectivity index (χ3n) is 0.304. The number of hydrogen-bond donors (Lipinski definition) is 0. The number of nitrogens with zero attached hydrogens (tertiary/aromatic N) is 1. The van der Waals surface area contributed by atoms with Crippen molar-refractivity contribution in [1.29, 1.82) is 0 Å². The van der Waals surface area contributed by atoms with Crippen molar-refractivity contribution in [3.05, 3.63) is 0 Å². The fourth-order valence-corrected chi connectivity index (χ4v) is 0.0199. The summed E-state index contributed by atoms with van der Waals surface area (Å²) in [5.41, 5.74) is -0.130. The van der Waals surface area contributed by atoms with Crippen LogP contribution in [-0.2, 0) is 4.79 Å². The van der Waals surface area contributed by atoms with E-state index in [1.54, 1.807) is 0 Å². The van der Waals surface area contributed by atoms with Crippen LogP contribution in [0.2, 0.25) is 0 Å². The lowest BCUT2D eigenvalue weighted by Crippen LogP contribution is -1.86. The first kappa shape index (κ1) is 5.27. The SMILES string of the molecule is C/C(C=O)=N/F. The molecule has 0 saturated heterocycles. The summed E-state index contributed by atoms with van der Waals surface area (Å²) in [6.45, 7) is 1.28. The molecule has 0 radical (unpaired) electrons. The largest absolute Gasteiger partial charge is 0.296 e. The van der Waals surface area contributed by atoms with Crippen molar-refractivity contribution in [1.82, 2.24) is 0 Å². The minimum absolute atomic E-state index is 0.130. The number of hydrogen-bond acceptors (Lipinski definition) is 2. The Morgan fingerprint density at radius 3 is 2.50 bits per heavy atom. The van der Waals surface area contributed by atoms with Crippen LogP contribution >= 0.6 is 0 Å². The van der Waals surface area contributed by atoms with Gasteiger partial charge in [0.2, 0.25) is 0 Å². The maximum absolute atomic E-state index is 10.7. The lowest BCUT2D eigenvalue weighted by molar-refractivity contribution is -0.102. The Kier molecular flexibility index (Phi) is 2.20. The summed E-state index contributed by atoms with van der Waals surface area (Å²) in [6.07, 6.45) is 0.347. The normalized spacial score (nSPS) is 11.3. The molecule has 0 unspecified atom stereocenters. The van der Waals surface area contributed by atoms with Crippen molar-refractivity contribution >= 4 is 12.0 Å². The minimum atomic E-state index is -0.130. The molecule has 0 rings (SSSR count). The van der Waals surface area contributed by atoms with E-state index in [0.717, 1.165) is 0 Å². The zero-order chi connectivity index (χ0) is 4.99. The van der Waals surface area contributed by atoms with Crippen molar-refractivity contribution in [2.24, 2.45) is 5.21 Å². The van der Waals surface area contributed by atoms with Crippen LogP contribution in [0.25, 0.3) is 0 Å². The molecule has 0 aliphatic rings. The van der Waals surface area contributed by atoms with Crippen LogP contribution in [0.15, 0.2) is 5.21 Å². The molecule has 6 heavy (non-hydrogen) atoms. The van der Waals surface area contributed by atoms with Crippen molar-refractivity contribution in [3.8, 4) is 0 Å². The lowest BCUT2D eigenvalue weighted by Gasteiger charge is -1.68. The smallest absolute Gasteiger partial charge is 0.166 e. The van der Waals surface area contributed by atoms with Gasteiger partial charge in [-0.1, -0.05) is 9.70 Å². The quantitative estimate of drug-likeness (QED) is 0.340. The maximum Gasteiger partial charge on any atom is 0.166 e.